The lowest BCUT2D eigenvalue weighted by atomic mass is 10.3. The first-order valence-electron chi connectivity index (χ1n) is 6.52. The fourth-order valence-electron chi connectivity index (χ4n) is 1.92. The van der Waals surface area contributed by atoms with Gasteiger partial charge in [-0.05, 0) is 49.7 Å². The van der Waals surface area contributed by atoms with Crippen LogP contribution in [0, 0.1) is 0 Å². The quantitative estimate of drug-likeness (QED) is 0.721. The summed E-state index contributed by atoms with van der Waals surface area (Å²) in [6.07, 6.45) is 1.70. The Labute approximate surface area is 126 Å². The molecule has 0 radical (unpaired) electrons. The Kier molecular flexibility index (Phi) is 3.62. The lowest BCUT2D eigenvalue weighted by molar-refractivity contribution is 0.242. The predicted molar refractivity (Wildman–Crippen MR) is 82.2 cm³/mol. The van der Waals surface area contributed by atoms with E-state index in [9.17, 15) is 0 Å². The van der Waals surface area contributed by atoms with E-state index in [1.54, 1.807) is 6.33 Å². The molecule has 3 aromatic rings. The average Bonchev–Trinajstić information content (AvgIpc) is 2.88. The number of aromatic nitrogens is 4. The van der Waals surface area contributed by atoms with Gasteiger partial charge in [0.1, 0.15) is 11.3 Å². The number of H-pyrrole nitrogens is 1. The highest BCUT2D eigenvalue weighted by Gasteiger charge is 2.09. The zero-order valence-corrected chi connectivity index (χ0v) is 12.3. The molecular weight excluding hydrogens is 290 g/mol. The number of hydrogen-bond acceptors (Lipinski definition) is 5. The number of nitrogens with zero attached hydrogens (tertiary/aromatic N) is 3. The maximum Gasteiger partial charge on any atom is 0.226 e. The van der Waals surface area contributed by atoms with Crippen LogP contribution in [0.5, 0.6) is 5.75 Å². The van der Waals surface area contributed by atoms with Gasteiger partial charge < -0.3 is 15.0 Å². The topological polar surface area (TPSA) is 75.7 Å². The van der Waals surface area contributed by atoms with Crippen LogP contribution < -0.4 is 10.1 Å². The summed E-state index contributed by atoms with van der Waals surface area (Å²) in [5.74, 6) is 1.41. The van der Waals surface area contributed by atoms with Crippen molar-refractivity contribution in [1.82, 2.24) is 19.9 Å². The monoisotopic (exact) mass is 303 g/mol. The summed E-state index contributed by atoms with van der Waals surface area (Å²) in [6.45, 7) is 3.98. The van der Waals surface area contributed by atoms with Crippen molar-refractivity contribution >= 4 is 34.3 Å². The third-order valence-corrected chi connectivity index (χ3v) is 2.92. The largest absolute Gasteiger partial charge is 0.491 e. The highest BCUT2D eigenvalue weighted by atomic mass is 35.5. The number of benzene rings is 1. The molecule has 6 nitrogen and oxygen atoms in total. The van der Waals surface area contributed by atoms with Crippen molar-refractivity contribution in [3.05, 3.63) is 35.9 Å². The second-order valence-corrected chi connectivity index (χ2v) is 5.10. The van der Waals surface area contributed by atoms with Gasteiger partial charge in [0.05, 0.1) is 12.4 Å². The molecule has 0 fully saturated rings. The first kappa shape index (κ1) is 13.6. The van der Waals surface area contributed by atoms with E-state index in [1.165, 1.54) is 0 Å². The van der Waals surface area contributed by atoms with Gasteiger partial charge in [-0.3, -0.25) is 0 Å². The molecule has 0 spiro atoms. The Balaban J connectivity index is 1.86. The zero-order chi connectivity index (χ0) is 14.8. The van der Waals surface area contributed by atoms with E-state index < -0.39 is 0 Å². The summed E-state index contributed by atoms with van der Waals surface area (Å²) in [5, 5.41) is 3.34. The molecule has 0 aliphatic heterocycles. The lowest BCUT2D eigenvalue weighted by Crippen LogP contribution is -2.05. The first-order chi connectivity index (χ1) is 10.1. The number of ether oxygens (including phenoxy) is 1. The SMILES string of the molecule is CC(C)Oc1ccc(Nc2nc(Cl)nc3nc[nH]c23)cc1. The number of halogens is 1. The molecule has 7 heteroatoms. The van der Waals surface area contributed by atoms with Gasteiger partial charge in [-0.15, -0.1) is 0 Å². The molecule has 0 bridgehead atoms. The lowest BCUT2D eigenvalue weighted by Gasteiger charge is -2.11. The Bertz CT molecular complexity index is 754. The summed E-state index contributed by atoms with van der Waals surface area (Å²) in [4.78, 5) is 15.3. The van der Waals surface area contributed by atoms with Crippen molar-refractivity contribution in [1.29, 1.82) is 0 Å². The van der Waals surface area contributed by atoms with Gasteiger partial charge in [-0.1, -0.05) is 0 Å². The second kappa shape index (κ2) is 5.57. The molecule has 3 rings (SSSR count). The maximum absolute atomic E-state index is 5.89. The van der Waals surface area contributed by atoms with Gasteiger partial charge >= 0.3 is 0 Å². The summed E-state index contributed by atoms with van der Waals surface area (Å²) in [7, 11) is 0. The van der Waals surface area contributed by atoms with E-state index in [2.05, 4.69) is 25.3 Å². The fourth-order valence-corrected chi connectivity index (χ4v) is 2.09. The van der Waals surface area contributed by atoms with E-state index in [0.717, 1.165) is 11.4 Å². The molecule has 1 aromatic carbocycles. The van der Waals surface area contributed by atoms with E-state index in [-0.39, 0.29) is 11.4 Å². The van der Waals surface area contributed by atoms with Crippen LogP contribution in [0.2, 0.25) is 5.28 Å². The molecular formula is C14H14ClN5O. The van der Waals surface area contributed by atoms with Crippen molar-refractivity contribution in [2.24, 2.45) is 0 Å². The third kappa shape index (κ3) is 3.05. The minimum absolute atomic E-state index is 0.147. The van der Waals surface area contributed by atoms with Crippen LogP contribution in [-0.4, -0.2) is 26.0 Å². The van der Waals surface area contributed by atoms with Crippen molar-refractivity contribution in [3.63, 3.8) is 0 Å². The Morgan fingerprint density at radius 1 is 1.19 bits per heavy atom. The number of rotatable bonds is 4. The van der Waals surface area contributed by atoms with Gasteiger partial charge in [0.2, 0.25) is 5.28 Å². The summed E-state index contributed by atoms with van der Waals surface area (Å²) >= 11 is 5.89. The van der Waals surface area contributed by atoms with Crippen LogP contribution in [0.4, 0.5) is 11.5 Å². The minimum atomic E-state index is 0.147. The van der Waals surface area contributed by atoms with Gasteiger partial charge in [0.15, 0.2) is 11.5 Å². The molecule has 0 saturated carbocycles. The smallest absolute Gasteiger partial charge is 0.226 e. The van der Waals surface area contributed by atoms with Gasteiger partial charge in [0.25, 0.3) is 0 Å². The van der Waals surface area contributed by atoms with Crippen molar-refractivity contribution in [2.75, 3.05) is 5.32 Å². The van der Waals surface area contributed by atoms with Crippen LogP contribution in [-0.2, 0) is 0 Å². The number of fused-ring (bicyclic) bond motifs is 1. The van der Waals surface area contributed by atoms with Crippen molar-refractivity contribution in [3.8, 4) is 5.75 Å². The number of nitrogens with one attached hydrogen (secondary N) is 2. The third-order valence-electron chi connectivity index (χ3n) is 2.75. The number of aromatic amines is 1. The molecule has 0 saturated heterocycles. The van der Waals surface area contributed by atoms with Crippen LogP contribution in [0.1, 0.15) is 13.8 Å². The fraction of sp³-hybridized carbons (Fsp3) is 0.214. The molecule has 0 unspecified atom stereocenters. The number of anilines is 2. The molecule has 2 aromatic heterocycles. The summed E-state index contributed by atoms with van der Waals surface area (Å²) in [6, 6.07) is 7.62. The maximum atomic E-state index is 5.89. The Morgan fingerprint density at radius 2 is 1.95 bits per heavy atom. The van der Waals surface area contributed by atoms with Crippen molar-refractivity contribution in [2.45, 2.75) is 20.0 Å². The van der Waals surface area contributed by atoms with Crippen molar-refractivity contribution < 1.29 is 4.74 Å². The number of imidazole rings is 1. The molecule has 108 valence electrons. The molecule has 0 amide bonds. The van der Waals surface area contributed by atoms with Gasteiger partial charge in [-0.2, -0.15) is 9.97 Å². The first-order valence-corrected chi connectivity index (χ1v) is 6.90. The molecule has 0 aliphatic carbocycles. The van der Waals surface area contributed by atoms with Gasteiger partial charge in [0, 0.05) is 5.69 Å². The highest BCUT2D eigenvalue weighted by Crippen LogP contribution is 2.24. The van der Waals surface area contributed by atoms with Crippen LogP contribution >= 0.6 is 11.6 Å². The normalized spacial score (nSPS) is 11.0. The molecule has 2 heterocycles. The molecule has 0 aliphatic rings. The summed E-state index contributed by atoms with van der Waals surface area (Å²) < 4.78 is 5.61. The predicted octanol–water partition coefficient (Wildman–Crippen LogP) is 3.54. The Hall–Kier alpha value is -2.34. The van der Waals surface area contributed by atoms with E-state index >= 15 is 0 Å². The van der Waals surface area contributed by atoms with E-state index in [4.69, 9.17) is 16.3 Å². The summed E-state index contributed by atoms with van der Waals surface area (Å²) in [5.41, 5.74) is 2.11. The standard InChI is InChI=1S/C14H14ClN5O/c1-8(2)21-10-5-3-9(4-6-10)18-13-11-12(17-7-16-11)19-14(15)20-13/h3-8H,1-2H3,(H2,16,17,18,19,20). The molecule has 21 heavy (non-hydrogen) atoms. The molecule has 0 atom stereocenters. The van der Waals surface area contributed by atoms with E-state index in [1.807, 2.05) is 38.1 Å². The van der Waals surface area contributed by atoms with E-state index in [0.29, 0.717) is 17.0 Å². The van der Waals surface area contributed by atoms with Crippen LogP contribution in [0.3, 0.4) is 0 Å². The average molecular weight is 304 g/mol. The second-order valence-electron chi connectivity index (χ2n) is 4.76. The zero-order valence-electron chi connectivity index (χ0n) is 11.6. The van der Waals surface area contributed by atoms with Gasteiger partial charge in [-0.25, -0.2) is 4.98 Å². The van der Waals surface area contributed by atoms with Crippen LogP contribution in [0.15, 0.2) is 30.6 Å². The highest BCUT2D eigenvalue weighted by molar-refractivity contribution is 6.28. The Morgan fingerprint density at radius 3 is 2.67 bits per heavy atom. The minimum Gasteiger partial charge on any atom is -0.491 e. The van der Waals surface area contributed by atoms with Crippen LogP contribution in [0.25, 0.3) is 11.2 Å². The molecule has 2 N–H and O–H groups in total. The number of hydrogen-bond donors (Lipinski definition) is 2.